The van der Waals surface area contributed by atoms with Gasteiger partial charge in [-0.1, -0.05) is 6.42 Å². The Balaban J connectivity index is 1.54. The van der Waals surface area contributed by atoms with Gasteiger partial charge in [-0.25, -0.2) is 0 Å². The molecule has 1 amide bonds. The molecule has 1 unspecified atom stereocenters. The van der Waals surface area contributed by atoms with Gasteiger partial charge in [0, 0.05) is 36.4 Å². The van der Waals surface area contributed by atoms with Crippen LogP contribution < -0.4 is 10.6 Å². The molecule has 2 aromatic rings. The SMILES string of the molecule is NC(=O)c1cnc2ccc(N3CCC(N4CCCCC4)C3)cc2c1. The van der Waals surface area contributed by atoms with Crippen molar-refractivity contribution >= 4 is 22.5 Å². The first-order valence-electron chi connectivity index (χ1n) is 8.89. The van der Waals surface area contributed by atoms with Gasteiger partial charge in [-0.15, -0.1) is 0 Å². The van der Waals surface area contributed by atoms with Crippen LogP contribution in [0.1, 0.15) is 36.0 Å². The van der Waals surface area contributed by atoms with Gasteiger partial charge in [0.05, 0.1) is 11.1 Å². The van der Waals surface area contributed by atoms with Crippen LogP contribution in [0.25, 0.3) is 10.9 Å². The normalized spacial score (nSPS) is 22.2. The number of anilines is 1. The number of nitrogens with two attached hydrogens (primary N) is 1. The number of likely N-dealkylation sites (tertiary alicyclic amines) is 1. The molecular formula is C19H24N4O. The largest absolute Gasteiger partial charge is 0.370 e. The van der Waals surface area contributed by atoms with Gasteiger partial charge in [-0.3, -0.25) is 14.7 Å². The molecule has 4 rings (SSSR count). The summed E-state index contributed by atoms with van der Waals surface area (Å²) in [5.41, 5.74) is 7.95. The standard InChI is InChI=1S/C19H24N4O/c20-19(24)15-10-14-11-16(4-5-18(14)21-12-15)23-9-6-17(13-23)22-7-2-1-3-8-22/h4-5,10-12,17H,1-3,6-9,13H2,(H2,20,24). The molecule has 0 radical (unpaired) electrons. The summed E-state index contributed by atoms with van der Waals surface area (Å²) >= 11 is 0. The fourth-order valence-electron chi connectivity index (χ4n) is 4.01. The summed E-state index contributed by atoms with van der Waals surface area (Å²) in [6.45, 7) is 4.69. The number of piperidine rings is 1. The third-order valence-corrected chi connectivity index (χ3v) is 5.38. The molecule has 1 aromatic carbocycles. The zero-order valence-electron chi connectivity index (χ0n) is 13.9. The van der Waals surface area contributed by atoms with Crippen molar-refractivity contribution in [3.8, 4) is 0 Å². The molecule has 3 heterocycles. The smallest absolute Gasteiger partial charge is 0.250 e. The van der Waals surface area contributed by atoms with E-state index >= 15 is 0 Å². The van der Waals surface area contributed by atoms with Crippen LogP contribution in [0, 0.1) is 0 Å². The van der Waals surface area contributed by atoms with Crippen molar-refractivity contribution in [2.75, 3.05) is 31.1 Å². The molecule has 0 spiro atoms. The van der Waals surface area contributed by atoms with Gasteiger partial charge in [-0.05, 0) is 56.6 Å². The first-order valence-corrected chi connectivity index (χ1v) is 8.89. The fraction of sp³-hybridized carbons (Fsp3) is 0.474. The number of aromatic nitrogens is 1. The highest BCUT2D eigenvalue weighted by molar-refractivity contribution is 5.96. The van der Waals surface area contributed by atoms with Gasteiger partial charge in [0.15, 0.2) is 0 Å². The molecule has 126 valence electrons. The number of hydrogen-bond donors (Lipinski definition) is 1. The summed E-state index contributed by atoms with van der Waals surface area (Å²) in [5.74, 6) is -0.430. The number of pyridine rings is 1. The van der Waals surface area contributed by atoms with E-state index in [9.17, 15) is 4.79 Å². The Morgan fingerprint density at radius 1 is 1.12 bits per heavy atom. The highest BCUT2D eigenvalue weighted by Crippen LogP contribution is 2.27. The number of rotatable bonds is 3. The van der Waals surface area contributed by atoms with E-state index in [-0.39, 0.29) is 0 Å². The van der Waals surface area contributed by atoms with Gasteiger partial charge < -0.3 is 10.6 Å². The summed E-state index contributed by atoms with van der Waals surface area (Å²) in [4.78, 5) is 20.8. The number of carbonyl (C=O) groups excluding carboxylic acids is 1. The van der Waals surface area contributed by atoms with Gasteiger partial charge >= 0.3 is 0 Å². The second kappa shape index (κ2) is 6.40. The molecule has 0 saturated carbocycles. The van der Waals surface area contributed by atoms with E-state index in [1.807, 2.05) is 12.1 Å². The van der Waals surface area contributed by atoms with E-state index in [0.717, 1.165) is 24.0 Å². The average Bonchev–Trinajstić information content (AvgIpc) is 3.11. The molecule has 2 aliphatic rings. The number of fused-ring (bicyclic) bond motifs is 1. The second-order valence-corrected chi connectivity index (χ2v) is 6.95. The molecule has 5 nitrogen and oxygen atoms in total. The highest BCUT2D eigenvalue weighted by Gasteiger charge is 2.28. The van der Waals surface area contributed by atoms with Crippen LogP contribution in [0.4, 0.5) is 5.69 Å². The molecule has 2 N–H and O–H groups in total. The van der Waals surface area contributed by atoms with E-state index in [4.69, 9.17) is 5.73 Å². The summed E-state index contributed by atoms with van der Waals surface area (Å²) in [6.07, 6.45) is 6.85. The minimum absolute atomic E-state index is 0.430. The fourth-order valence-corrected chi connectivity index (χ4v) is 4.01. The molecule has 5 heteroatoms. The van der Waals surface area contributed by atoms with Crippen LogP contribution in [-0.2, 0) is 0 Å². The predicted molar refractivity (Wildman–Crippen MR) is 96.3 cm³/mol. The van der Waals surface area contributed by atoms with Crippen LogP contribution in [-0.4, -0.2) is 48.0 Å². The van der Waals surface area contributed by atoms with Gasteiger partial charge in [0.2, 0.25) is 5.91 Å². The van der Waals surface area contributed by atoms with Crippen LogP contribution in [0.3, 0.4) is 0 Å². The maximum atomic E-state index is 11.4. The number of benzene rings is 1. The van der Waals surface area contributed by atoms with Gasteiger partial charge in [-0.2, -0.15) is 0 Å². The maximum absolute atomic E-state index is 11.4. The van der Waals surface area contributed by atoms with E-state index in [2.05, 4.69) is 26.9 Å². The Morgan fingerprint density at radius 2 is 1.96 bits per heavy atom. The van der Waals surface area contributed by atoms with E-state index in [0.29, 0.717) is 11.6 Å². The topological polar surface area (TPSA) is 62.5 Å². The highest BCUT2D eigenvalue weighted by atomic mass is 16.1. The Hall–Kier alpha value is -2.14. The van der Waals surface area contributed by atoms with Crippen LogP contribution in [0.5, 0.6) is 0 Å². The Kier molecular flexibility index (Phi) is 4.10. The van der Waals surface area contributed by atoms with Crippen molar-refractivity contribution in [3.05, 3.63) is 36.0 Å². The van der Waals surface area contributed by atoms with Crippen molar-refractivity contribution < 1.29 is 4.79 Å². The molecule has 0 bridgehead atoms. The average molecular weight is 324 g/mol. The molecule has 2 aliphatic heterocycles. The number of amides is 1. The van der Waals surface area contributed by atoms with Crippen LogP contribution in [0.15, 0.2) is 30.5 Å². The van der Waals surface area contributed by atoms with Crippen molar-refractivity contribution in [1.82, 2.24) is 9.88 Å². The zero-order valence-corrected chi connectivity index (χ0v) is 13.9. The van der Waals surface area contributed by atoms with Gasteiger partial charge in [0.1, 0.15) is 0 Å². The number of hydrogen-bond acceptors (Lipinski definition) is 4. The molecular weight excluding hydrogens is 300 g/mol. The van der Waals surface area contributed by atoms with E-state index < -0.39 is 5.91 Å². The lowest BCUT2D eigenvalue weighted by Gasteiger charge is -2.32. The Bertz CT molecular complexity index is 754. The first-order chi connectivity index (χ1) is 11.7. The monoisotopic (exact) mass is 324 g/mol. The molecule has 24 heavy (non-hydrogen) atoms. The lowest BCUT2D eigenvalue weighted by Crippen LogP contribution is -2.40. The van der Waals surface area contributed by atoms with Crippen LogP contribution >= 0.6 is 0 Å². The molecule has 2 fully saturated rings. The van der Waals surface area contributed by atoms with E-state index in [1.54, 1.807) is 6.20 Å². The summed E-state index contributed by atoms with van der Waals surface area (Å²) in [5, 5.41) is 0.977. The van der Waals surface area contributed by atoms with Gasteiger partial charge in [0.25, 0.3) is 0 Å². The summed E-state index contributed by atoms with van der Waals surface area (Å²) in [7, 11) is 0. The van der Waals surface area contributed by atoms with Crippen molar-refractivity contribution in [3.63, 3.8) is 0 Å². The Labute approximate surface area is 142 Å². The number of nitrogens with zero attached hydrogens (tertiary/aromatic N) is 3. The molecule has 1 aromatic heterocycles. The van der Waals surface area contributed by atoms with Crippen molar-refractivity contribution in [2.45, 2.75) is 31.7 Å². The lowest BCUT2D eigenvalue weighted by atomic mass is 10.1. The molecule has 2 saturated heterocycles. The summed E-state index contributed by atoms with van der Waals surface area (Å²) < 4.78 is 0. The quantitative estimate of drug-likeness (QED) is 0.942. The zero-order chi connectivity index (χ0) is 16.5. The number of primary amides is 1. The lowest BCUT2D eigenvalue weighted by molar-refractivity contribution is 0.1000. The third kappa shape index (κ3) is 2.96. The van der Waals surface area contributed by atoms with Crippen molar-refractivity contribution in [2.24, 2.45) is 5.73 Å². The minimum atomic E-state index is -0.430. The first kappa shape index (κ1) is 15.4. The van der Waals surface area contributed by atoms with E-state index in [1.165, 1.54) is 44.5 Å². The molecule has 1 atom stereocenters. The summed E-state index contributed by atoms with van der Waals surface area (Å²) in [6, 6.07) is 8.82. The Morgan fingerprint density at radius 3 is 2.75 bits per heavy atom. The minimum Gasteiger partial charge on any atom is -0.370 e. The van der Waals surface area contributed by atoms with Crippen LogP contribution in [0.2, 0.25) is 0 Å². The predicted octanol–water partition coefficient (Wildman–Crippen LogP) is 2.40. The molecule has 0 aliphatic carbocycles. The maximum Gasteiger partial charge on any atom is 0.250 e. The third-order valence-electron chi connectivity index (χ3n) is 5.38. The second-order valence-electron chi connectivity index (χ2n) is 6.95. The van der Waals surface area contributed by atoms with Crippen molar-refractivity contribution in [1.29, 1.82) is 0 Å². The number of carbonyl (C=O) groups is 1.